The van der Waals surface area contributed by atoms with Gasteiger partial charge >= 0.3 is 0 Å². The summed E-state index contributed by atoms with van der Waals surface area (Å²) in [5.41, 5.74) is 4.04. The minimum absolute atomic E-state index is 0.0812. The zero-order valence-corrected chi connectivity index (χ0v) is 18.0. The van der Waals surface area contributed by atoms with E-state index >= 15 is 0 Å². The van der Waals surface area contributed by atoms with Gasteiger partial charge in [-0.3, -0.25) is 4.79 Å². The van der Waals surface area contributed by atoms with Gasteiger partial charge in [0.05, 0.1) is 23.6 Å². The van der Waals surface area contributed by atoms with Crippen LogP contribution in [-0.2, 0) is 6.61 Å². The number of nitriles is 1. The molecule has 0 fully saturated rings. The Balaban J connectivity index is 1.58. The molecule has 0 saturated carbocycles. The number of hydrogen-bond acceptors (Lipinski definition) is 4. The summed E-state index contributed by atoms with van der Waals surface area (Å²) in [6, 6.07) is 21.0. The molecule has 1 atom stereocenters. The molecule has 0 amide bonds. The van der Waals surface area contributed by atoms with Crippen molar-refractivity contribution in [2.45, 2.75) is 26.1 Å². The zero-order valence-electron chi connectivity index (χ0n) is 15.8. The average molecular weight is 495 g/mol. The van der Waals surface area contributed by atoms with E-state index < -0.39 is 0 Å². The van der Waals surface area contributed by atoms with Gasteiger partial charge in [-0.25, -0.2) is 0 Å². The van der Waals surface area contributed by atoms with E-state index in [0.29, 0.717) is 35.7 Å². The van der Waals surface area contributed by atoms with Crippen molar-refractivity contribution in [3.8, 4) is 17.6 Å². The lowest BCUT2D eigenvalue weighted by molar-refractivity contribution is 0.0846. The van der Waals surface area contributed by atoms with E-state index in [1.165, 1.54) is 0 Å². The molecule has 5 heteroatoms. The van der Waals surface area contributed by atoms with Crippen LogP contribution in [0.25, 0.3) is 0 Å². The molecular formula is C24H18INO3. The molecule has 0 saturated heterocycles. The maximum absolute atomic E-state index is 12.7. The summed E-state index contributed by atoms with van der Waals surface area (Å²) in [5, 5.41) is 8.90. The van der Waals surface area contributed by atoms with Crippen LogP contribution in [0.4, 0.5) is 0 Å². The smallest absolute Gasteiger partial charge is 0.170 e. The lowest BCUT2D eigenvalue weighted by Crippen LogP contribution is -2.22. The van der Waals surface area contributed by atoms with Gasteiger partial charge in [0.25, 0.3) is 0 Å². The van der Waals surface area contributed by atoms with Crippen LogP contribution >= 0.6 is 22.6 Å². The molecule has 1 unspecified atom stereocenters. The molecule has 0 bridgehead atoms. The molecule has 4 rings (SSSR count). The van der Waals surface area contributed by atoms with Crippen LogP contribution in [0.5, 0.6) is 11.5 Å². The SMILES string of the molecule is Cc1c(OCc2ccc(C#N)cc2)ccc2c1OC(c1ccccc1I)CC2=O. The number of carbonyl (C=O) groups excluding carboxylic acids is 1. The van der Waals surface area contributed by atoms with Crippen LogP contribution in [0.1, 0.15) is 45.1 Å². The highest BCUT2D eigenvalue weighted by atomic mass is 127. The lowest BCUT2D eigenvalue weighted by Gasteiger charge is -2.28. The zero-order chi connectivity index (χ0) is 20.4. The number of fused-ring (bicyclic) bond motifs is 1. The largest absolute Gasteiger partial charge is 0.488 e. The van der Waals surface area contributed by atoms with Gasteiger partial charge in [-0.05, 0) is 65.4 Å². The Kier molecular flexibility index (Phi) is 5.54. The maximum Gasteiger partial charge on any atom is 0.170 e. The van der Waals surface area contributed by atoms with Crippen LogP contribution in [-0.4, -0.2) is 5.78 Å². The topological polar surface area (TPSA) is 59.3 Å². The second-order valence-corrected chi connectivity index (χ2v) is 8.08. The third-order valence-corrected chi connectivity index (χ3v) is 6.00. The number of benzene rings is 3. The van der Waals surface area contributed by atoms with Crippen molar-refractivity contribution in [3.63, 3.8) is 0 Å². The predicted molar refractivity (Wildman–Crippen MR) is 118 cm³/mol. The Morgan fingerprint density at radius 1 is 1.14 bits per heavy atom. The summed E-state index contributed by atoms with van der Waals surface area (Å²) in [7, 11) is 0. The summed E-state index contributed by atoms with van der Waals surface area (Å²) in [5.74, 6) is 1.37. The summed E-state index contributed by atoms with van der Waals surface area (Å²) in [4.78, 5) is 12.7. The van der Waals surface area contributed by atoms with E-state index in [-0.39, 0.29) is 11.9 Å². The number of carbonyl (C=O) groups is 1. The fourth-order valence-electron chi connectivity index (χ4n) is 3.41. The molecular weight excluding hydrogens is 477 g/mol. The van der Waals surface area contributed by atoms with E-state index in [1.54, 1.807) is 18.2 Å². The number of Topliss-reactive ketones (excluding diaryl/α,β-unsaturated/α-hetero) is 1. The van der Waals surface area contributed by atoms with Crippen LogP contribution < -0.4 is 9.47 Å². The molecule has 1 aliphatic heterocycles. The van der Waals surface area contributed by atoms with Gasteiger partial charge in [-0.2, -0.15) is 5.26 Å². The van der Waals surface area contributed by atoms with Crippen molar-refractivity contribution in [3.05, 3.63) is 92.1 Å². The average Bonchev–Trinajstić information content (AvgIpc) is 2.74. The summed E-state index contributed by atoms with van der Waals surface area (Å²) >= 11 is 2.27. The molecule has 0 aromatic heterocycles. The third kappa shape index (κ3) is 3.99. The lowest BCUT2D eigenvalue weighted by atomic mass is 9.94. The van der Waals surface area contributed by atoms with Crippen molar-refractivity contribution in [1.29, 1.82) is 5.26 Å². The Bertz CT molecular complexity index is 1120. The van der Waals surface area contributed by atoms with Crippen molar-refractivity contribution in [2.24, 2.45) is 0 Å². The first-order valence-electron chi connectivity index (χ1n) is 9.26. The first kappa shape index (κ1) is 19.5. The van der Waals surface area contributed by atoms with Gasteiger partial charge in [0.2, 0.25) is 0 Å². The van der Waals surface area contributed by atoms with Gasteiger partial charge < -0.3 is 9.47 Å². The number of hydrogen-bond donors (Lipinski definition) is 0. The van der Waals surface area contributed by atoms with Crippen LogP contribution in [0.15, 0.2) is 60.7 Å². The van der Waals surface area contributed by atoms with Gasteiger partial charge in [0.1, 0.15) is 24.2 Å². The summed E-state index contributed by atoms with van der Waals surface area (Å²) in [6.07, 6.45) is 0.0355. The summed E-state index contributed by atoms with van der Waals surface area (Å²) < 4.78 is 13.3. The van der Waals surface area contributed by atoms with Gasteiger partial charge in [0, 0.05) is 14.7 Å². The Hall–Kier alpha value is -2.85. The first-order valence-corrected chi connectivity index (χ1v) is 10.3. The van der Waals surface area contributed by atoms with E-state index in [1.807, 2.05) is 49.4 Å². The normalized spacial score (nSPS) is 15.2. The minimum Gasteiger partial charge on any atom is -0.488 e. The van der Waals surface area contributed by atoms with Crippen molar-refractivity contribution in [2.75, 3.05) is 0 Å². The van der Waals surface area contributed by atoms with Crippen LogP contribution in [0, 0.1) is 21.8 Å². The standard InChI is InChI=1S/C24H18INO3/c1-15-22(28-14-17-8-6-16(13-26)7-9-17)11-10-19-21(27)12-23(29-24(15)19)18-4-2-3-5-20(18)25/h2-11,23H,12,14H2,1H3. The highest BCUT2D eigenvalue weighted by Gasteiger charge is 2.30. The minimum atomic E-state index is -0.296. The van der Waals surface area contributed by atoms with E-state index in [2.05, 4.69) is 28.7 Å². The fourth-order valence-corrected chi connectivity index (χ4v) is 4.14. The van der Waals surface area contributed by atoms with Gasteiger partial charge in [-0.1, -0.05) is 30.3 Å². The monoisotopic (exact) mass is 495 g/mol. The Morgan fingerprint density at radius 2 is 1.90 bits per heavy atom. The van der Waals surface area contributed by atoms with Gasteiger partial charge in [0.15, 0.2) is 5.78 Å². The van der Waals surface area contributed by atoms with Crippen molar-refractivity contribution < 1.29 is 14.3 Å². The molecule has 0 N–H and O–H groups in total. The van der Waals surface area contributed by atoms with Crippen molar-refractivity contribution >= 4 is 28.4 Å². The van der Waals surface area contributed by atoms with Crippen LogP contribution in [0.2, 0.25) is 0 Å². The Labute approximate surface area is 183 Å². The first-order chi connectivity index (χ1) is 14.1. The second-order valence-electron chi connectivity index (χ2n) is 6.92. The highest BCUT2D eigenvalue weighted by molar-refractivity contribution is 14.1. The maximum atomic E-state index is 12.7. The molecule has 29 heavy (non-hydrogen) atoms. The molecule has 0 radical (unpaired) electrons. The van der Waals surface area contributed by atoms with Gasteiger partial charge in [-0.15, -0.1) is 0 Å². The molecule has 0 spiro atoms. The third-order valence-electron chi connectivity index (χ3n) is 5.02. The molecule has 1 aliphatic rings. The molecule has 3 aromatic rings. The molecule has 4 nitrogen and oxygen atoms in total. The van der Waals surface area contributed by atoms with E-state index in [4.69, 9.17) is 14.7 Å². The highest BCUT2D eigenvalue weighted by Crippen LogP contribution is 2.41. The summed E-state index contributed by atoms with van der Waals surface area (Å²) in [6.45, 7) is 2.29. The van der Waals surface area contributed by atoms with Crippen LogP contribution in [0.3, 0.4) is 0 Å². The molecule has 1 heterocycles. The second kappa shape index (κ2) is 8.26. The molecule has 3 aromatic carbocycles. The van der Waals surface area contributed by atoms with Crippen molar-refractivity contribution in [1.82, 2.24) is 0 Å². The number of ketones is 1. The van der Waals surface area contributed by atoms with E-state index in [9.17, 15) is 4.79 Å². The number of halogens is 1. The fraction of sp³-hybridized carbons (Fsp3) is 0.167. The number of ether oxygens (including phenoxy) is 2. The molecule has 0 aliphatic carbocycles. The van der Waals surface area contributed by atoms with E-state index in [0.717, 1.165) is 20.3 Å². The molecule has 144 valence electrons. The quantitative estimate of drug-likeness (QED) is 0.432. The Morgan fingerprint density at radius 3 is 2.62 bits per heavy atom. The predicted octanol–water partition coefficient (Wildman–Crippen LogP) is 5.76. The number of nitrogens with zero attached hydrogens (tertiary/aromatic N) is 1. The number of rotatable bonds is 4.